The lowest BCUT2D eigenvalue weighted by Crippen LogP contribution is -2.46. The molecule has 1 amide bonds. The van der Waals surface area contributed by atoms with Crippen molar-refractivity contribution in [2.24, 2.45) is 0 Å². The fourth-order valence-electron chi connectivity index (χ4n) is 3.73. The van der Waals surface area contributed by atoms with E-state index in [1.165, 1.54) is 12.0 Å². The molecule has 31 heavy (non-hydrogen) atoms. The highest BCUT2D eigenvalue weighted by atomic mass is 79.9. The molecule has 1 saturated heterocycles. The zero-order valence-corrected chi connectivity index (χ0v) is 18.4. The van der Waals surface area contributed by atoms with Crippen molar-refractivity contribution in [1.29, 1.82) is 0 Å². The van der Waals surface area contributed by atoms with Gasteiger partial charge < -0.3 is 18.8 Å². The molecule has 0 aliphatic carbocycles. The lowest BCUT2D eigenvalue weighted by Gasteiger charge is -2.32. The minimum atomic E-state index is -1.32. The molecule has 0 bridgehead atoms. The quantitative estimate of drug-likeness (QED) is 0.395. The van der Waals surface area contributed by atoms with Gasteiger partial charge in [-0.1, -0.05) is 0 Å². The number of morpholine rings is 1. The molecule has 1 fully saturated rings. The van der Waals surface area contributed by atoms with Gasteiger partial charge in [-0.15, -0.1) is 0 Å². The fourth-order valence-corrected chi connectivity index (χ4v) is 4.10. The van der Waals surface area contributed by atoms with Crippen LogP contribution in [-0.2, 0) is 15.9 Å². The van der Waals surface area contributed by atoms with Crippen LogP contribution in [0.2, 0.25) is 0 Å². The van der Waals surface area contributed by atoms with Gasteiger partial charge in [-0.2, -0.15) is 0 Å². The number of fused-ring (bicyclic) bond motifs is 1. The summed E-state index contributed by atoms with van der Waals surface area (Å²) in [5, 5.41) is 0. The van der Waals surface area contributed by atoms with Crippen molar-refractivity contribution >= 4 is 27.7 Å². The Morgan fingerprint density at radius 3 is 2.84 bits per heavy atom. The Balaban J connectivity index is 1.82. The second kappa shape index (κ2) is 8.51. The van der Waals surface area contributed by atoms with E-state index in [1.54, 1.807) is 16.7 Å². The Morgan fingerprint density at radius 2 is 2.10 bits per heavy atom. The molecule has 1 aromatic carbocycles. The number of halogens is 4. The van der Waals surface area contributed by atoms with Crippen molar-refractivity contribution in [3.8, 4) is 11.3 Å². The Labute approximate surface area is 184 Å². The van der Waals surface area contributed by atoms with Crippen LogP contribution in [-0.4, -0.2) is 53.3 Å². The first-order valence-corrected chi connectivity index (χ1v) is 10.3. The average Bonchev–Trinajstić information content (AvgIpc) is 3.08. The molecule has 1 atom stereocenters. The number of ether oxygens (including phenoxy) is 2. The molecule has 1 aliphatic heterocycles. The molecular weight excluding hydrogens is 479 g/mol. The van der Waals surface area contributed by atoms with Crippen molar-refractivity contribution < 1.29 is 27.4 Å². The van der Waals surface area contributed by atoms with Gasteiger partial charge in [-0.25, -0.2) is 22.9 Å². The number of pyridine rings is 1. The van der Waals surface area contributed by atoms with Crippen molar-refractivity contribution in [2.45, 2.75) is 19.4 Å². The molecule has 3 aromatic rings. The van der Waals surface area contributed by atoms with E-state index in [-0.39, 0.29) is 23.1 Å². The summed E-state index contributed by atoms with van der Waals surface area (Å²) in [6.45, 7) is 2.78. The molecule has 4 rings (SSSR count). The molecule has 6 nitrogen and oxygen atoms in total. The van der Waals surface area contributed by atoms with Crippen LogP contribution in [0.25, 0.3) is 16.9 Å². The van der Waals surface area contributed by atoms with Crippen molar-refractivity contribution in [1.82, 2.24) is 14.3 Å². The van der Waals surface area contributed by atoms with Crippen LogP contribution in [0.15, 0.2) is 28.9 Å². The number of carbonyl (C=O) groups is 1. The van der Waals surface area contributed by atoms with E-state index in [2.05, 4.69) is 20.9 Å². The lowest BCUT2D eigenvalue weighted by molar-refractivity contribution is -0.0241. The van der Waals surface area contributed by atoms with Gasteiger partial charge in [0, 0.05) is 19.2 Å². The summed E-state index contributed by atoms with van der Waals surface area (Å²) in [5.41, 5.74) is 1.27. The highest BCUT2D eigenvalue weighted by Gasteiger charge is 2.30. The van der Waals surface area contributed by atoms with Gasteiger partial charge in [-0.05, 0) is 46.6 Å². The standard InChI is InChI=1S/C21H19BrF3N3O3/c1-11-3-4-28-15(8-12-10-27(5-6-31-12)21(29)30-2)20(26-16(28)7-11)17-14(23)9-13(22)18(24)19(17)25/h3-4,7,9,12H,5-6,8,10H2,1-2H3/t12-/m0/s1. The maximum Gasteiger partial charge on any atom is 0.409 e. The minimum absolute atomic E-state index is 0.00853. The topological polar surface area (TPSA) is 56.1 Å². The van der Waals surface area contributed by atoms with Crippen LogP contribution in [0.5, 0.6) is 0 Å². The number of carbonyl (C=O) groups excluding carboxylic acids is 1. The second-order valence-corrected chi connectivity index (χ2v) is 8.15. The highest BCUT2D eigenvalue weighted by Crippen LogP contribution is 2.34. The molecule has 0 saturated carbocycles. The van der Waals surface area contributed by atoms with E-state index in [4.69, 9.17) is 9.47 Å². The van der Waals surface area contributed by atoms with Gasteiger partial charge in [0.05, 0.1) is 47.8 Å². The summed E-state index contributed by atoms with van der Waals surface area (Å²) in [4.78, 5) is 17.8. The molecule has 10 heteroatoms. The van der Waals surface area contributed by atoms with Crippen molar-refractivity contribution in [3.63, 3.8) is 0 Å². The summed E-state index contributed by atoms with van der Waals surface area (Å²) in [5.74, 6) is -3.46. The van der Waals surface area contributed by atoms with Gasteiger partial charge in [0.1, 0.15) is 11.5 Å². The molecule has 1 aliphatic rings. The van der Waals surface area contributed by atoms with Crippen LogP contribution >= 0.6 is 15.9 Å². The number of rotatable bonds is 3. The second-order valence-electron chi connectivity index (χ2n) is 7.30. The SMILES string of the molecule is COC(=O)N1CCO[C@@H](Cc2c(-c3c(F)cc(Br)c(F)c3F)nc3cc(C)ccn23)C1. The van der Waals surface area contributed by atoms with Crippen molar-refractivity contribution in [2.75, 3.05) is 26.8 Å². The third-order valence-corrected chi connectivity index (χ3v) is 5.80. The number of nitrogens with zero attached hydrogens (tertiary/aromatic N) is 3. The first-order valence-electron chi connectivity index (χ1n) is 9.55. The summed E-state index contributed by atoms with van der Waals surface area (Å²) >= 11 is 2.82. The minimum Gasteiger partial charge on any atom is -0.453 e. The Kier molecular flexibility index (Phi) is 5.94. The number of imidazole rings is 1. The third kappa shape index (κ3) is 4.01. The number of aryl methyl sites for hydroxylation is 1. The molecule has 0 N–H and O–H groups in total. The van der Waals surface area contributed by atoms with E-state index in [9.17, 15) is 18.0 Å². The number of benzene rings is 1. The molecule has 0 radical (unpaired) electrons. The maximum atomic E-state index is 14.8. The lowest BCUT2D eigenvalue weighted by atomic mass is 10.0. The molecule has 0 spiro atoms. The number of aromatic nitrogens is 2. The van der Waals surface area contributed by atoms with Gasteiger partial charge in [0.2, 0.25) is 0 Å². The van der Waals surface area contributed by atoms with E-state index >= 15 is 0 Å². The molecule has 2 aromatic heterocycles. The third-order valence-electron chi connectivity index (χ3n) is 5.22. The van der Waals surface area contributed by atoms with Crippen LogP contribution in [0.3, 0.4) is 0 Å². The number of amides is 1. The van der Waals surface area contributed by atoms with E-state index in [1.807, 2.05) is 13.0 Å². The largest absolute Gasteiger partial charge is 0.453 e. The van der Waals surface area contributed by atoms with Gasteiger partial charge in [-0.3, -0.25) is 0 Å². The average molecular weight is 498 g/mol. The highest BCUT2D eigenvalue weighted by molar-refractivity contribution is 9.10. The normalized spacial score (nSPS) is 16.7. The Bertz CT molecular complexity index is 1170. The summed E-state index contributed by atoms with van der Waals surface area (Å²) in [6, 6.07) is 4.47. The summed E-state index contributed by atoms with van der Waals surface area (Å²) in [6.07, 6.45) is 1.00. The molecule has 0 unspecified atom stereocenters. The zero-order chi connectivity index (χ0) is 22.3. The van der Waals surface area contributed by atoms with Crippen LogP contribution in [0, 0.1) is 24.4 Å². The van der Waals surface area contributed by atoms with Crippen molar-refractivity contribution in [3.05, 3.63) is 57.6 Å². The fraction of sp³-hybridized carbons (Fsp3) is 0.333. The van der Waals surface area contributed by atoms with Crippen LogP contribution in [0.4, 0.5) is 18.0 Å². The van der Waals surface area contributed by atoms with E-state index in [0.717, 1.165) is 11.6 Å². The predicted octanol–water partition coefficient (Wildman–Crippen LogP) is 4.50. The van der Waals surface area contributed by atoms with Crippen LogP contribution in [0.1, 0.15) is 11.3 Å². The Morgan fingerprint density at radius 1 is 1.32 bits per heavy atom. The molecular formula is C21H19BrF3N3O3. The summed E-state index contributed by atoms with van der Waals surface area (Å²) in [7, 11) is 1.30. The Hall–Kier alpha value is -2.59. The number of hydrogen-bond donors (Lipinski definition) is 0. The zero-order valence-electron chi connectivity index (χ0n) is 16.8. The van der Waals surface area contributed by atoms with Gasteiger partial charge >= 0.3 is 6.09 Å². The maximum absolute atomic E-state index is 14.8. The molecule has 164 valence electrons. The molecule has 3 heterocycles. The number of hydrogen-bond acceptors (Lipinski definition) is 4. The summed E-state index contributed by atoms with van der Waals surface area (Å²) < 4.78 is 55.7. The monoisotopic (exact) mass is 497 g/mol. The first kappa shape index (κ1) is 21.6. The van der Waals surface area contributed by atoms with Gasteiger partial charge in [0.25, 0.3) is 0 Å². The van der Waals surface area contributed by atoms with E-state index in [0.29, 0.717) is 24.5 Å². The van der Waals surface area contributed by atoms with E-state index < -0.39 is 35.2 Å². The predicted molar refractivity (Wildman–Crippen MR) is 110 cm³/mol. The van der Waals surface area contributed by atoms with Crippen LogP contribution < -0.4 is 0 Å². The van der Waals surface area contributed by atoms with Gasteiger partial charge in [0.15, 0.2) is 11.6 Å². The number of methoxy groups -OCH3 is 1. The first-order chi connectivity index (χ1) is 14.8. The smallest absolute Gasteiger partial charge is 0.409 e.